The smallest absolute Gasteiger partial charge is 0.250 e. The summed E-state index contributed by atoms with van der Waals surface area (Å²) < 4.78 is 0. The summed E-state index contributed by atoms with van der Waals surface area (Å²) >= 11 is 0. The Bertz CT molecular complexity index is 545. The Morgan fingerprint density at radius 1 is 0.952 bits per heavy atom. The van der Waals surface area contributed by atoms with Gasteiger partial charge in [-0.25, -0.2) is 0 Å². The van der Waals surface area contributed by atoms with Crippen molar-refractivity contribution in [1.29, 1.82) is 0 Å². The molecule has 0 spiro atoms. The Balaban J connectivity index is 2.30. The molecule has 0 radical (unpaired) electrons. The second-order valence-electron chi connectivity index (χ2n) is 5.28. The second kappa shape index (κ2) is 6.39. The molecule has 6 heteroatoms. The lowest BCUT2D eigenvalue weighted by molar-refractivity contribution is -0.120. The first-order valence-corrected chi connectivity index (χ1v) is 7.04. The molecule has 0 unspecified atom stereocenters. The summed E-state index contributed by atoms with van der Waals surface area (Å²) in [6.07, 6.45) is 4.79. The Hall–Kier alpha value is -2.37. The molecule has 0 bridgehead atoms. The van der Waals surface area contributed by atoms with Gasteiger partial charge in [0, 0.05) is 5.92 Å². The number of nitrogens with one attached hydrogen (secondary N) is 1. The molecule has 21 heavy (non-hydrogen) atoms. The number of amides is 3. The lowest BCUT2D eigenvalue weighted by Gasteiger charge is -2.22. The van der Waals surface area contributed by atoms with Gasteiger partial charge >= 0.3 is 0 Å². The van der Waals surface area contributed by atoms with Crippen LogP contribution in [-0.4, -0.2) is 17.7 Å². The number of hydrogen-bond donors (Lipinski definition) is 3. The molecular formula is C15H19N3O3. The molecule has 0 aliphatic heterocycles. The highest BCUT2D eigenvalue weighted by Gasteiger charge is 2.24. The Labute approximate surface area is 122 Å². The number of carbonyl (C=O) groups is 3. The van der Waals surface area contributed by atoms with E-state index in [1.54, 1.807) is 0 Å². The Morgan fingerprint density at radius 2 is 1.48 bits per heavy atom. The molecule has 2 rings (SSSR count). The van der Waals surface area contributed by atoms with Crippen molar-refractivity contribution in [3.63, 3.8) is 0 Å². The van der Waals surface area contributed by atoms with Crippen molar-refractivity contribution in [3.05, 3.63) is 29.3 Å². The number of benzene rings is 1. The van der Waals surface area contributed by atoms with Gasteiger partial charge in [0.1, 0.15) is 0 Å². The van der Waals surface area contributed by atoms with Crippen LogP contribution in [0.3, 0.4) is 0 Å². The number of carbonyl (C=O) groups excluding carboxylic acids is 3. The van der Waals surface area contributed by atoms with Crippen LogP contribution in [0.25, 0.3) is 0 Å². The van der Waals surface area contributed by atoms with Gasteiger partial charge in [-0.15, -0.1) is 0 Å². The summed E-state index contributed by atoms with van der Waals surface area (Å²) in [5.41, 5.74) is 10.9. The minimum atomic E-state index is -0.711. The molecule has 6 nitrogen and oxygen atoms in total. The van der Waals surface area contributed by atoms with E-state index in [1.165, 1.54) is 18.2 Å². The first-order chi connectivity index (χ1) is 10.0. The largest absolute Gasteiger partial charge is 0.366 e. The number of para-hydroxylation sites is 1. The van der Waals surface area contributed by atoms with Crippen molar-refractivity contribution in [1.82, 2.24) is 0 Å². The lowest BCUT2D eigenvalue weighted by Crippen LogP contribution is -2.28. The molecule has 1 aliphatic rings. The quantitative estimate of drug-likeness (QED) is 0.778. The summed E-state index contributed by atoms with van der Waals surface area (Å²) in [4.78, 5) is 35.2. The maximum absolute atomic E-state index is 12.3. The summed E-state index contributed by atoms with van der Waals surface area (Å²) in [5.74, 6) is -1.71. The third-order valence-corrected chi connectivity index (χ3v) is 3.82. The zero-order chi connectivity index (χ0) is 15.4. The standard InChI is InChI=1S/C15H19N3O3/c16-13(19)10-7-4-8-11(14(17)20)12(10)18-15(21)9-5-2-1-3-6-9/h4,7-9H,1-3,5-6H2,(H2,16,19)(H2,17,20)(H,18,21). The summed E-state index contributed by atoms with van der Waals surface area (Å²) in [6.45, 7) is 0. The van der Waals surface area contributed by atoms with E-state index in [-0.39, 0.29) is 28.6 Å². The van der Waals surface area contributed by atoms with Gasteiger partial charge in [0.2, 0.25) is 5.91 Å². The van der Waals surface area contributed by atoms with Gasteiger partial charge in [-0.05, 0) is 25.0 Å². The van der Waals surface area contributed by atoms with Gasteiger partial charge in [-0.2, -0.15) is 0 Å². The molecular weight excluding hydrogens is 270 g/mol. The molecule has 1 aliphatic carbocycles. The van der Waals surface area contributed by atoms with Crippen molar-refractivity contribution in [2.75, 3.05) is 5.32 Å². The fourth-order valence-electron chi connectivity index (χ4n) is 2.69. The average molecular weight is 289 g/mol. The van der Waals surface area contributed by atoms with Crippen LogP contribution in [0.15, 0.2) is 18.2 Å². The van der Waals surface area contributed by atoms with Crippen molar-refractivity contribution in [2.24, 2.45) is 17.4 Å². The summed E-state index contributed by atoms with van der Waals surface area (Å²) in [6, 6.07) is 4.44. The monoisotopic (exact) mass is 289 g/mol. The highest BCUT2D eigenvalue weighted by molar-refractivity contribution is 6.10. The minimum absolute atomic E-state index is 0.0930. The minimum Gasteiger partial charge on any atom is -0.366 e. The predicted octanol–water partition coefficient (Wildman–Crippen LogP) is 1.40. The van der Waals surface area contributed by atoms with Gasteiger partial charge < -0.3 is 16.8 Å². The zero-order valence-electron chi connectivity index (χ0n) is 11.7. The van der Waals surface area contributed by atoms with Crippen LogP contribution in [-0.2, 0) is 4.79 Å². The fourth-order valence-corrected chi connectivity index (χ4v) is 2.69. The number of anilines is 1. The van der Waals surface area contributed by atoms with Crippen molar-refractivity contribution < 1.29 is 14.4 Å². The molecule has 1 aromatic carbocycles. The van der Waals surface area contributed by atoms with E-state index < -0.39 is 11.8 Å². The Kier molecular flexibility index (Phi) is 4.57. The summed E-state index contributed by atoms with van der Waals surface area (Å²) in [7, 11) is 0. The Morgan fingerprint density at radius 3 is 1.95 bits per heavy atom. The van der Waals surface area contributed by atoms with Gasteiger partial charge in [-0.1, -0.05) is 25.3 Å². The number of rotatable bonds is 4. The SMILES string of the molecule is NC(=O)c1cccc(C(N)=O)c1NC(=O)C1CCCCC1. The molecule has 0 aromatic heterocycles. The van der Waals surface area contributed by atoms with E-state index in [0.29, 0.717) is 0 Å². The van der Waals surface area contributed by atoms with E-state index in [1.807, 2.05) is 0 Å². The molecule has 0 saturated heterocycles. The molecule has 1 fully saturated rings. The van der Waals surface area contributed by atoms with Crippen LogP contribution in [0, 0.1) is 5.92 Å². The molecule has 3 amide bonds. The van der Waals surface area contributed by atoms with E-state index in [4.69, 9.17) is 11.5 Å². The number of hydrogen-bond acceptors (Lipinski definition) is 3. The molecule has 0 atom stereocenters. The van der Waals surface area contributed by atoms with Gasteiger partial charge in [0.15, 0.2) is 0 Å². The van der Waals surface area contributed by atoms with Crippen molar-refractivity contribution in [3.8, 4) is 0 Å². The van der Waals surface area contributed by atoms with Crippen LogP contribution in [0.1, 0.15) is 52.8 Å². The first kappa shape index (κ1) is 15.0. The van der Waals surface area contributed by atoms with E-state index in [0.717, 1.165) is 32.1 Å². The van der Waals surface area contributed by atoms with Gasteiger partial charge in [0.05, 0.1) is 16.8 Å². The van der Waals surface area contributed by atoms with Crippen LogP contribution >= 0.6 is 0 Å². The molecule has 112 valence electrons. The van der Waals surface area contributed by atoms with E-state index >= 15 is 0 Å². The molecule has 1 aromatic rings. The van der Waals surface area contributed by atoms with Crippen molar-refractivity contribution >= 4 is 23.4 Å². The molecule has 1 saturated carbocycles. The third kappa shape index (κ3) is 3.39. The maximum atomic E-state index is 12.3. The maximum Gasteiger partial charge on any atom is 0.250 e. The second-order valence-corrected chi connectivity index (χ2v) is 5.28. The predicted molar refractivity (Wildman–Crippen MR) is 78.7 cm³/mol. The fraction of sp³-hybridized carbons (Fsp3) is 0.400. The van der Waals surface area contributed by atoms with Crippen LogP contribution in [0.4, 0.5) is 5.69 Å². The van der Waals surface area contributed by atoms with E-state index in [2.05, 4.69) is 5.32 Å². The number of nitrogens with two attached hydrogens (primary N) is 2. The topological polar surface area (TPSA) is 115 Å². The lowest BCUT2D eigenvalue weighted by atomic mass is 9.88. The third-order valence-electron chi connectivity index (χ3n) is 3.82. The highest BCUT2D eigenvalue weighted by Crippen LogP contribution is 2.27. The van der Waals surface area contributed by atoms with Crippen molar-refractivity contribution in [2.45, 2.75) is 32.1 Å². The highest BCUT2D eigenvalue weighted by atomic mass is 16.2. The first-order valence-electron chi connectivity index (χ1n) is 7.04. The van der Waals surface area contributed by atoms with Crippen LogP contribution in [0.2, 0.25) is 0 Å². The molecule has 5 N–H and O–H groups in total. The molecule has 0 heterocycles. The van der Waals surface area contributed by atoms with E-state index in [9.17, 15) is 14.4 Å². The van der Waals surface area contributed by atoms with Gasteiger partial charge in [-0.3, -0.25) is 14.4 Å². The zero-order valence-corrected chi connectivity index (χ0v) is 11.7. The van der Waals surface area contributed by atoms with Crippen LogP contribution < -0.4 is 16.8 Å². The van der Waals surface area contributed by atoms with Crippen LogP contribution in [0.5, 0.6) is 0 Å². The van der Waals surface area contributed by atoms with Gasteiger partial charge in [0.25, 0.3) is 11.8 Å². The number of primary amides is 2. The normalized spacial score (nSPS) is 15.4. The summed E-state index contributed by atoms with van der Waals surface area (Å²) in [5, 5.41) is 2.67. The average Bonchev–Trinajstić information content (AvgIpc) is 2.47.